The average molecular weight is 496 g/mol. The molecule has 0 aromatic rings. The molecule has 0 unspecified atom stereocenters. The number of nitrogens with one attached hydrogen (secondary N) is 2. The predicted octanol–water partition coefficient (Wildman–Crippen LogP) is -0.521. The van der Waals surface area contributed by atoms with Crippen LogP contribution in [-0.2, 0) is 24.0 Å². The minimum atomic E-state index is -0.487. The van der Waals surface area contributed by atoms with Gasteiger partial charge in [-0.15, -0.1) is 0 Å². The van der Waals surface area contributed by atoms with E-state index in [-0.39, 0.29) is 54.3 Å². The third kappa shape index (κ3) is 10.6. The van der Waals surface area contributed by atoms with Gasteiger partial charge in [0.2, 0.25) is 29.5 Å². The van der Waals surface area contributed by atoms with Gasteiger partial charge in [0.15, 0.2) is 0 Å². The van der Waals surface area contributed by atoms with Crippen molar-refractivity contribution in [2.75, 3.05) is 52.4 Å². The average Bonchev–Trinajstić information content (AvgIpc) is 3.22. The Hall–Kier alpha value is -2.69. The SMILES string of the molecule is CC(C)(C)CC(=O)N1CCN(C(=O)CC(=O)NCCCCC(=O)NCC(=O)N2CC[C@@H](O)C2)CC1. The van der Waals surface area contributed by atoms with Gasteiger partial charge in [-0.2, -0.15) is 0 Å². The second-order valence-corrected chi connectivity index (χ2v) is 10.5. The van der Waals surface area contributed by atoms with Crippen LogP contribution in [0.1, 0.15) is 59.3 Å². The van der Waals surface area contributed by atoms with E-state index in [9.17, 15) is 29.1 Å². The molecule has 5 amide bonds. The van der Waals surface area contributed by atoms with Crippen LogP contribution in [0.3, 0.4) is 0 Å². The number of rotatable bonds is 10. The Morgan fingerprint density at radius 1 is 0.800 bits per heavy atom. The summed E-state index contributed by atoms with van der Waals surface area (Å²) in [5.74, 6) is -0.956. The van der Waals surface area contributed by atoms with Crippen molar-refractivity contribution >= 4 is 29.5 Å². The first-order valence-corrected chi connectivity index (χ1v) is 12.5. The van der Waals surface area contributed by atoms with Gasteiger partial charge in [-0.25, -0.2) is 0 Å². The van der Waals surface area contributed by atoms with Crippen molar-refractivity contribution in [2.24, 2.45) is 5.41 Å². The van der Waals surface area contributed by atoms with Crippen LogP contribution in [-0.4, -0.2) is 108 Å². The number of carbonyl (C=O) groups excluding carboxylic acids is 5. The lowest BCUT2D eigenvalue weighted by atomic mass is 9.91. The van der Waals surface area contributed by atoms with E-state index in [1.807, 2.05) is 20.8 Å². The van der Waals surface area contributed by atoms with Crippen LogP contribution in [0.2, 0.25) is 0 Å². The third-order valence-electron chi connectivity index (χ3n) is 6.08. The first-order valence-electron chi connectivity index (χ1n) is 12.5. The van der Waals surface area contributed by atoms with Crippen LogP contribution < -0.4 is 10.6 Å². The van der Waals surface area contributed by atoms with Gasteiger partial charge in [0.05, 0.1) is 12.6 Å². The molecule has 3 N–H and O–H groups in total. The Balaban J connectivity index is 1.52. The van der Waals surface area contributed by atoms with Crippen molar-refractivity contribution in [1.82, 2.24) is 25.3 Å². The molecule has 0 spiro atoms. The van der Waals surface area contributed by atoms with Gasteiger partial charge in [-0.05, 0) is 24.7 Å². The van der Waals surface area contributed by atoms with E-state index in [1.165, 1.54) is 4.90 Å². The summed E-state index contributed by atoms with van der Waals surface area (Å²) >= 11 is 0. The fourth-order valence-electron chi connectivity index (χ4n) is 4.06. The summed E-state index contributed by atoms with van der Waals surface area (Å²) in [6.45, 7) is 8.97. The molecule has 11 nitrogen and oxygen atoms in total. The maximum atomic E-state index is 12.4. The summed E-state index contributed by atoms with van der Waals surface area (Å²) < 4.78 is 0. The number of piperazine rings is 1. The van der Waals surface area contributed by atoms with Gasteiger partial charge in [0.1, 0.15) is 6.42 Å². The Bertz CT molecular complexity index is 773. The van der Waals surface area contributed by atoms with Gasteiger partial charge < -0.3 is 30.4 Å². The summed E-state index contributed by atoms with van der Waals surface area (Å²) in [5, 5.41) is 14.7. The number of aliphatic hydroxyl groups is 1. The highest BCUT2D eigenvalue weighted by Gasteiger charge is 2.27. The number of aliphatic hydroxyl groups excluding tert-OH is 1. The van der Waals surface area contributed by atoms with Crippen LogP contribution in [0, 0.1) is 5.41 Å². The Labute approximate surface area is 207 Å². The topological polar surface area (TPSA) is 139 Å². The summed E-state index contributed by atoms with van der Waals surface area (Å²) in [4.78, 5) is 65.6. The summed E-state index contributed by atoms with van der Waals surface area (Å²) in [6, 6.07) is 0. The van der Waals surface area contributed by atoms with E-state index in [2.05, 4.69) is 10.6 Å². The molecule has 0 aromatic heterocycles. The number of carbonyl (C=O) groups is 5. The van der Waals surface area contributed by atoms with E-state index < -0.39 is 6.10 Å². The third-order valence-corrected chi connectivity index (χ3v) is 6.08. The van der Waals surface area contributed by atoms with Gasteiger partial charge in [0.25, 0.3) is 0 Å². The van der Waals surface area contributed by atoms with Crippen molar-refractivity contribution in [3.8, 4) is 0 Å². The smallest absolute Gasteiger partial charge is 0.242 e. The van der Waals surface area contributed by atoms with E-state index in [1.54, 1.807) is 9.80 Å². The molecule has 2 heterocycles. The molecular formula is C24H41N5O6. The summed E-state index contributed by atoms with van der Waals surface area (Å²) in [5.41, 5.74) is -0.0798. The molecule has 0 bridgehead atoms. The molecular weight excluding hydrogens is 454 g/mol. The van der Waals surface area contributed by atoms with Crippen molar-refractivity contribution in [3.63, 3.8) is 0 Å². The lowest BCUT2D eigenvalue weighted by molar-refractivity contribution is -0.142. The molecule has 35 heavy (non-hydrogen) atoms. The van der Waals surface area contributed by atoms with Crippen LogP contribution in [0.4, 0.5) is 0 Å². The van der Waals surface area contributed by atoms with Gasteiger partial charge >= 0.3 is 0 Å². The molecule has 0 radical (unpaired) electrons. The Morgan fingerprint density at radius 2 is 1.43 bits per heavy atom. The molecule has 0 aromatic carbocycles. The normalized spacial score (nSPS) is 18.4. The first-order chi connectivity index (χ1) is 16.4. The maximum Gasteiger partial charge on any atom is 0.242 e. The number of β-amino-alcohol motifs (C(OH)–C–C–N with tert-alkyl or cyclic N) is 1. The maximum absolute atomic E-state index is 12.4. The van der Waals surface area contributed by atoms with Crippen molar-refractivity contribution in [1.29, 1.82) is 0 Å². The van der Waals surface area contributed by atoms with Crippen LogP contribution in [0.25, 0.3) is 0 Å². The highest BCUT2D eigenvalue weighted by atomic mass is 16.3. The second-order valence-electron chi connectivity index (χ2n) is 10.5. The van der Waals surface area contributed by atoms with Crippen LogP contribution >= 0.6 is 0 Å². The van der Waals surface area contributed by atoms with Gasteiger partial charge in [0, 0.05) is 58.7 Å². The number of hydrogen-bond acceptors (Lipinski definition) is 6. The van der Waals surface area contributed by atoms with Crippen LogP contribution in [0.15, 0.2) is 0 Å². The Kier molecular flexibility index (Phi) is 10.9. The number of likely N-dealkylation sites (tertiary alicyclic amines) is 1. The minimum Gasteiger partial charge on any atom is -0.391 e. The van der Waals surface area contributed by atoms with E-state index in [4.69, 9.17) is 0 Å². The van der Waals surface area contributed by atoms with Crippen molar-refractivity contribution < 1.29 is 29.1 Å². The molecule has 2 saturated heterocycles. The number of nitrogens with zero attached hydrogens (tertiary/aromatic N) is 3. The molecule has 11 heteroatoms. The highest BCUT2D eigenvalue weighted by Crippen LogP contribution is 2.20. The summed E-state index contributed by atoms with van der Waals surface area (Å²) in [7, 11) is 0. The molecule has 1 atom stereocenters. The van der Waals surface area contributed by atoms with Gasteiger partial charge in [-0.1, -0.05) is 20.8 Å². The molecule has 2 rings (SSSR count). The lowest BCUT2D eigenvalue weighted by Gasteiger charge is -2.36. The lowest BCUT2D eigenvalue weighted by Crippen LogP contribution is -2.51. The quantitative estimate of drug-likeness (QED) is 0.275. The minimum absolute atomic E-state index is 0.0798. The van der Waals surface area contributed by atoms with E-state index in [0.717, 1.165) is 0 Å². The standard InChI is InChI=1S/C24H41N5O6/c1-24(2,3)15-22(34)28-12-10-27(11-13-28)21(33)14-20(32)25-8-5-4-6-19(31)26-16-23(35)29-9-7-18(30)17-29/h18,30H,4-17H2,1-3H3,(H,25,32)(H,26,31)/t18-/m1/s1. The number of unbranched alkanes of at least 4 members (excludes halogenated alkanes) is 1. The fraction of sp³-hybridized carbons (Fsp3) is 0.792. The Morgan fingerprint density at radius 3 is 2.00 bits per heavy atom. The second kappa shape index (κ2) is 13.4. The van der Waals surface area contributed by atoms with Crippen molar-refractivity contribution in [2.45, 2.75) is 65.4 Å². The van der Waals surface area contributed by atoms with E-state index in [0.29, 0.717) is 71.5 Å². The monoisotopic (exact) mass is 495 g/mol. The predicted molar refractivity (Wildman–Crippen MR) is 129 cm³/mol. The number of hydrogen-bond donors (Lipinski definition) is 3. The molecule has 2 aliphatic heterocycles. The zero-order valence-electron chi connectivity index (χ0n) is 21.3. The highest BCUT2D eigenvalue weighted by molar-refractivity contribution is 5.97. The molecule has 2 fully saturated rings. The van der Waals surface area contributed by atoms with Gasteiger partial charge in [-0.3, -0.25) is 24.0 Å². The first kappa shape index (κ1) is 28.5. The van der Waals surface area contributed by atoms with Crippen molar-refractivity contribution in [3.05, 3.63) is 0 Å². The van der Waals surface area contributed by atoms with E-state index >= 15 is 0 Å². The zero-order chi connectivity index (χ0) is 26.0. The number of amides is 5. The fourth-order valence-corrected chi connectivity index (χ4v) is 4.06. The molecule has 198 valence electrons. The largest absolute Gasteiger partial charge is 0.391 e. The molecule has 2 aliphatic rings. The molecule has 0 saturated carbocycles. The summed E-state index contributed by atoms with van der Waals surface area (Å²) in [6.07, 6.45) is 1.67. The zero-order valence-corrected chi connectivity index (χ0v) is 21.3. The molecule has 0 aliphatic carbocycles. The van der Waals surface area contributed by atoms with Crippen LogP contribution in [0.5, 0.6) is 0 Å².